The number of hydrogen-bond donors (Lipinski definition) is 2. The van der Waals surface area contributed by atoms with Crippen LogP contribution in [0.2, 0.25) is 0 Å². The Morgan fingerprint density at radius 2 is 1.46 bits per heavy atom. The highest BCUT2D eigenvalue weighted by Gasteiger charge is 2.51. The van der Waals surface area contributed by atoms with Gasteiger partial charge in [0.2, 0.25) is 17.7 Å². The monoisotopic (exact) mass is 390 g/mol. The molecule has 28 heavy (non-hydrogen) atoms. The van der Waals surface area contributed by atoms with Crippen LogP contribution in [0.4, 0.5) is 0 Å². The molecule has 5 aliphatic rings. The minimum Gasteiger partial charge on any atom is -0.358 e. The summed E-state index contributed by atoms with van der Waals surface area (Å²) in [4.78, 5) is 40.4. The summed E-state index contributed by atoms with van der Waals surface area (Å²) in [6.07, 6.45) is 8.39. The van der Waals surface area contributed by atoms with E-state index in [1.807, 2.05) is 4.90 Å². The molecule has 0 atom stereocenters. The van der Waals surface area contributed by atoms with Crippen LogP contribution in [0.15, 0.2) is 0 Å². The van der Waals surface area contributed by atoms with Gasteiger partial charge in [-0.3, -0.25) is 19.3 Å². The van der Waals surface area contributed by atoms with Crippen molar-refractivity contribution in [2.24, 2.45) is 23.2 Å². The third-order valence-corrected chi connectivity index (χ3v) is 7.51. The number of hydrogen-bond acceptors (Lipinski definition) is 4. The molecule has 5 rings (SSSR count). The van der Waals surface area contributed by atoms with Gasteiger partial charge in [-0.25, -0.2) is 0 Å². The van der Waals surface area contributed by atoms with Gasteiger partial charge in [-0.2, -0.15) is 0 Å². The molecule has 3 amide bonds. The zero-order chi connectivity index (χ0) is 19.7. The molecule has 0 spiro atoms. The lowest BCUT2D eigenvalue weighted by atomic mass is 9.49. The Bertz CT molecular complexity index is 592. The quantitative estimate of drug-likeness (QED) is 0.696. The van der Waals surface area contributed by atoms with Crippen molar-refractivity contribution in [3.63, 3.8) is 0 Å². The van der Waals surface area contributed by atoms with Crippen LogP contribution in [-0.4, -0.2) is 73.8 Å². The predicted octanol–water partition coefficient (Wildman–Crippen LogP) is 0.599. The standard InChI is InChI=1S/C21H34N4O3/c1-22-19(27)14-24-2-4-25(5-3-24)20(28)13-23-18(26)12-21-9-15-6-16(10-21)8-17(7-15)11-21/h15-17H,2-14H2,1H3,(H,22,27)(H,23,26). The van der Waals surface area contributed by atoms with E-state index in [-0.39, 0.29) is 29.7 Å². The Labute approximate surface area is 167 Å². The van der Waals surface area contributed by atoms with Gasteiger partial charge in [-0.15, -0.1) is 0 Å². The lowest BCUT2D eigenvalue weighted by Crippen LogP contribution is -2.53. The highest BCUT2D eigenvalue weighted by atomic mass is 16.2. The van der Waals surface area contributed by atoms with Gasteiger partial charge in [0.1, 0.15) is 0 Å². The van der Waals surface area contributed by atoms with Crippen molar-refractivity contribution in [3.8, 4) is 0 Å². The number of piperazine rings is 1. The van der Waals surface area contributed by atoms with Crippen molar-refractivity contribution in [2.45, 2.75) is 44.9 Å². The van der Waals surface area contributed by atoms with Gasteiger partial charge in [-0.05, 0) is 61.7 Å². The molecular formula is C21H34N4O3. The molecule has 4 saturated carbocycles. The summed E-state index contributed by atoms with van der Waals surface area (Å²) >= 11 is 0. The molecule has 4 bridgehead atoms. The van der Waals surface area contributed by atoms with Crippen LogP contribution in [0, 0.1) is 23.2 Å². The van der Waals surface area contributed by atoms with E-state index in [0.717, 1.165) is 17.8 Å². The summed E-state index contributed by atoms with van der Waals surface area (Å²) in [6, 6.07) is 0. The lowest BCUT2D eigenvalue weighted by Gasteiger charge is -2.56. The van der Waals surface area contributed by atoms with Crippen LogP contribution in [0.3, 0.4) is 0 Å². The van der Waals surface area contributed by atoms with Gasteiger partial charge in [0.05, 0.1) is 13.1 Å². The first-order chi connectivity index (χ1) is 13.4. The van der Waals surface area contributed by atoms with Crippen molar-refractivity contribution in [3.05, 3.63) is 0 Å². The predicted molar refractivity (Wildman–Crippen MR) is 105 cm³/mol. The fraction of sp³-hybridized carbons (Fsp3) is 0.857. The molecule has 0 unspecified atom stereocenters. The van der Waals surface area contributed by atoms with Gasteiger partial charge in [0.25, 0.3) is 0 Å². The summed E-state index contributed by atoms with van der Waals surface area (Å²) in [7, 11) is 1.63. The van der Waals surface area contributed by atoms with E-state index in [0.29, 0.717) is 39.1 Å². The third-order valence-electron chi connectivity index (χ3n) is 7.51. The van der Waals surface area contributed by atoms with Crippen molar-refractivity contribution in [2.75, 3.05) is 46.3 Å². The largest absolute Gasteiger partial charge is 0.358 e. The Hall–Kier alpha value is -1.63. The first-order valence-corrected chi connectivity index (χ1v) is 10.9. The van der Waals surface area contributed by atoms with Gasteiger partial charge in [0, 0.05) is 39.6 Å². The summed E-state index contributed by atoms with van der Waals surface area (Å²) < 4.78 is 0. The average molecular weight is 391 g/mol. The second-order valence-electron chi connectivity index (χ2n) is 9.70. The van der Waals surface area contributed by atoms with Crippen LogP contribution < -0.4 is 10.6 Å². The molecule has 0 aromatic rings. The smallest absolute Gasteiger partial charge is 0.242 e. The number of rotatable bonds is 6. The molecule has 5 fully saturated rings. The number of amides is 3. The second kappa shape index (κ2) is 8.01. The lowest BCUT2D eigenvalue weighted by molar-refractivity contribution is -0.136. The average Bonchev–Trinajstić information content (AvgIpc) is 2.65. The Balaban J connectivity index is 1.19. The van der Waals surface area contributed by atoms with E-state index in [2.05, 4.69) is 10.6 Å². The molecule has 7 heteroatoms. The van der Waals surface area contributed by atoms with Crippen LogP contribution in [0.25, 0.3) is 0 Å². The maximum absolute atomic E-state index is 12.6. The van der Waals surface area contributed by atoms with Gasteiger partial charge < -0.3 is 15.5 Å². The van der Waals surface area contributed by atoms with E-state index >= 15 is 0 Å². The molecular weight excluding hydrogens is 356 g/mol. The molecule has 156 valence electrons. The summed E-state index contributed by atoms with van der Waals surface area (Å²) in [5.74, 6) is 2.55. The summed E-state index contributed by atoms with van der Waals surface area (Å²) in [5.41, 5.74) is 0.216. The summed E-state index contributed by atoms with van der Waals surface area (Å²) in [5, 5.41) is 5.52. The SMILES string of the molecule is CNC(=O)CN1CCN(C(=O)CNC(=O)CC23CC4CC(CC(C4)C2)C3)CC1. The Morgan fingerprint density at radius 1 is 0.893 bits per heavy atom. The Kier molecular flexibility index (Phi) is 5.63. The molecule has 2 N–H and O–H groups in total. The maximum atomic E-state index is 12.6. The van der Waals surface area contributed by atoms with Gasteiger partial charge in [0.15, 0.2) is 0 Å². The minimum absolute atomic E-state index is 0.00304. The van der Waals surface area contributed by atoms with E-state index < -0.39 is 0 Å². The first kappa shape index (κ1) is 19.7. The fourth-order valence-corrected chi connectivity index (χ4v) is 6.63. The number of nitrogens with one attached hydrogen (secondary N) is 2. The number of carbonyl (C=O) groups is 3. The van der Waals surface area contributed by atoms with Crippen molar-refractivity contribution in [1.82, 2.24) is 20.4 Å². The van der Waals surface area contributed by atoms with E-state index in [9.17, 15) is 14.4 Å². The molecule has 0 aromatic heterocycles. The molecule has 0 radical (unpaired) electrons. The molecule has 7 nitrogen and oxygen atoms in total. The zero-order valence-electron chi connectivity index (χ0n) is 17.0. The van der Waals surface area contributed by atoms with Crippen LogP contribution in [-0.2, 0) is 14.4 Å². The number of nitrogens with zero attached hydrogens (tertiary/aromatic N) is 2. The van der Waals surface area contributed by atoms with E-state index in [4.69, 9.17) is 0 Å². The second-order valence-corrected chi connectivity index (χ2v) is 9.70. The van der Waals surface area contributed by atoms with Crippen molar-refractivity contribution >= 4 is 17.7 Å². The van der Waals surface area contributed by atoms with Crippen molar-refractivity contribution in [1.29, 1.82) is 0 Å². The van der Waals surface area contributed by atoms with E-state index in [1.54, 1.807) is 11.9 Å². The van der Waals surface area contributed by atoms with Crippen molar-refractivity contribution < 1.29 is 14.4 Å². The van der Waals surface area contributed by atoms with Gasteiger partial charge >= 0.3 is 0 Å². The zero-order valence-corrected chi connectivity index (χ0v) is 17.0. The first-order valence-electron chi connectivity index (χ1n) is 10.9. The van der Waals surface area contributed by atoms with E-state index in [1.165, 1.54) is 38.5 Å². The number of likely N-dealkylation sites (N-methyl/N-ethyl adjacent to an activating group) is 1. The highest BCUT2D eigenvalue weighted by Crippen LogP contribution is 2.61. The maximum Gasteiger partial charge on any atom is 0.242 e. The fourth-order valence-electron chi connectivity index (χ4n) is 6.63. The molecule has 1 saturated heterocycles. The minimum atomic E-state index is -0.0153. The molecule has 0 aromatic carbocycles. The van der Waals surface area contributed by atoms with Crippen LogP contribution >= 0.6 is 0 Å². The molecule has 1 heterocycles. The van der Waals surface area contributed by atoms with Gasteiger partial charge in [-0.1, -0.05) is 0 Å². The summed E-state index contributed by atoms with van der Waals surface area (Å²) in [6.45, 7) is 3.09. The Morgan fingerprint density at radius 3 is 2.00 bits per heavy atom. The third kappa shape index (κ3) is 4.34. The molecule has 1 aliphatic heterocycles. The van der Waals surface area contributed by atoms with Crippen LogP contribution in [0.5, 0.6) is 0 Å². The normalized spacial score (nSPS) is 34.3. The highest BCUT2D eigenvalue weighted by molar-refractivity contribution is 5.85. The van der Waals surface area contributed by atoms with Crippen LogP contribution in [0.1, 0.15) is 44.9 Å². The number of carbonyl (C=O) groups excluding carboxylic acids is 3. The topological polar surface area (TPSA) is 81.8 Å². The molecule has 4 aliphatic carbocycles.